The second-order valence-electron chi connectivity index (χ2n) is 7.35. The van der Waals surface area contributed by atoms with Crippen LogP contribution in [0, 0.1) is 5.82 Å². The van der Waals surface area contributed by atoms with Crippen molar-refractivity contribution < 1.29 is 9.18 Å². The molecule has 3 nitrogen and oxygen atoms in total. The molecule has 0 spiro atoms. The van der Waals surface area contributed by atoms with Crippen LogP contribution in [0.4, 0.5) is 4.39 Å². The maximum atomic E-state index is 14.2. The third-order valence-corrected chi connectivity index (χ3v) is 6.64. The largest absolute Gasteiger partial charge is 0.338 e. The van der Waals surface area contributed by atoms with Crippen LogP contribution in [0.25, 0.3) is 0 Å². The van der Waals surface area contributed by atoms with Crippen LogP contribution in [0.5, 0.6) is 0 Å². The lowest BCUT2D eigenvalue weighted by atomic mass is 10.1. The predicted octanol–water partition coefficient (Wildman–Crippen LogP) is 4.39. The first-order valence-electron chi connectivity index (χ1n) is 9.46. The number of rotatable bonds is 6. The van der Waals surface area contributed by atoms with E-state index in [0.717, 1.165) is 37.9 Å². The summed E-state index contributed by atoms with van der Waals surface area (Å²) in [7, 11) is 0. The van der Waals surface area contributed by atoms with Gasteiger partial charge in [0.25, 0.3) is 0 Å². The molecule has 4 rings (SSSR count). The van der Waals surface area contributed by atoms with Crippen LogP contribution >= 0.6 is 11.3 Å². The van der Waals surface area contributed by atoms with Gasteiger partial charge in [-0.2, -0.15) is 0 Å². The Labute approximate surface area is 158 Å². The van der Waals surface area contributed by atoms with Gasteiger partial charge in [-0.25, -0.2) is 4.39 Å². The minimum Gasteiger partial charge on any atom is -0.338 e. The average molecular weight is 373 g/mol. The Morgan fingerprint density at radius 3 is 2.92 bits per heavy atom. The minimum absolute atomic E-state index is 0.00123. The Kier molecular flexibility index (Phi) is 5.09. The van der Waals surface area contributed by atoms with Crippen LogP contribution in [0.2, 0.25) is 0 Å². The fourth-order valence-corrected chi connectivity index (χ4v) is 4.83. The van der Waals surface area contributed by atoms with Crippen molar-refractivity contribution in [1.82, 2.24) is 9.80 Å². The number of carbonyl (C=O) groups excluding carboxylic acids is 1. The fourth-order valence-electron chi connectivity index (χ4n) is 3.94. The van der Waals surface area contributed by atoms with Gasteiger partial charge in [0.15, 0.2) is 0 Å². The average Bonchev–Trinajstić information content (AvgIpc) is 3.37. The van der Waals surface area contributed by atoms with E-state index in [9.17, 15) is 9.18 Å². The monoisotopic (exact) mass is 372 g/mol. The van der Waals surface area contributed by atoms with Gasteiger partial charge in [-0.15, -0.1) is 11.3 Å². The standard InChI is InChI=1S/C21H25FN2OS/c1-15(18-4-2-3-5-19(18)22)24(17-6-7-17)12-9-21(25)23-11-8-20-16(14-23)10-13-26-20/h2-5,10,13,15,17H,6-9,11-12,14H2,1H3. The summed E-state index contributed by atoms with van der Waals surface area (Å²) in [5, 5.41) is 2.11. The number of carbonyl (C=O) groups is 1. The Balaban J connectivity index is 1.39. The van der Waals surface area contributed by atoms with Gasteiger partial charge in [0.05, 0.1) is 0 Å². The van der Waals surface area contributed by atoms with Crippen LogP contribution in [0.15, 0.2) is 35.7 Å². The maximum absolute atomic E-state index is 14.2. The zero-order valence-electron chi connectivity index (χ0n) is 15.2. The summed E-state index contributed by atoms with van der Waals surface area (Å²) in [6.45, 7) is 4.31. The van der Waals surface area contributed by atoms with Crippen molar-refractivity contribution in [3.63, 3.8) is 0 Å². The topological polar surface area (TPSA) is 23.6 Å². The van der Waals surface area contributed by atoms with Crippen molar-refractivity contribution in [2.45, 2.75) is 51.2 Å². The van der Waals surface area contributed by atoms with Crippen LogP contribution < -0.4 is 0 Å². The number of nitrogens with zero attached hydrogens (tertiary/aromatic N) is 2. The highest BCUT2D eigenvalue weighted by Gasteiger charge is 2.34. The lowest BCUT2D eigenvalue weighted by Gasteiger charge is -2.31. The number of hydrogen-bond acceptors (Lipinski definition) is 3. The summed E-state index contributed by atoms with van der Waals surface area (Å²) in [6, 6.07) is 9.62. The number of amides is 1. The van der Waals surface area contributed by atoms with E-state index in [4.69, 9.17) is 0 Å². The van der Waals surface area contributed by atoms with Crippen LogP contribution in [0.3, 0.4) is 0 Å². The highest BCUT2D eigenvalue weighted by atomic mass is 32.1. The zero-order chi connectivity index (χ0) is 18.1. The molecular formula is C21H25FN2OS. The van der Waals surface area contributed by atoms with E-state index in [1.165, 1.54) is 16.5 Å². The van der Waals surface area contributed by atoms with Gasteiger partial charge < -0.3 is 4.90 Å². The predicted molar refractivity (Wildman–Crippen MR) is 103 cm³/mol. The Morgan fingerprint density at radius 1 is 1.35 bits per heavy atom. The van der Waals surface area contributed by atoms with Crippen LogP contribution in [-0.2, 0) is 17.8 Å². The van der Waals surface area contributed by atoms with Gasteiger partial charge in [0, 0.05) is 48.6 Å². The first kappa shape index (κ1) is 17.7. The van der Waals surface area contributed by atoms with E-state index in [1.54, 1.807) is 17.4 Å². The molecule has 1 fully saturated rings. The van der Waals surface area contributed by atoms with E-state index >= 15 is 0 Å². The number of benzene rings is 1. The quantitative estimate of drug-likeness (QED) is 0.751. The first-order valence-corrected chi connectivity index (χ1v) is 10.3. The van der Waals surface area contributed by atoms with E-state index in [2.05, 4.69) is 23.3 Å². The summed E-state index contributed by atoms with van der Waals surface area (Å²) >= 11 is 1.79. The molecule has 2 heterocycles. The van der Waals surface area contributed by atoms with Crippen LogP contribution in [0.1, 0.15) is 48.2 Å². The van der Waals surface area contributed by atoms with E-state index in [0.29, 0.717) is 19.0 Å². The number of halogens is 1. The minimum atomic E-state index is -0.155. The van der Waals surface area contributed by atoms with Crippen molar-refractivity contribution in [3.05, 3.63) is 57.5 Å². The molecule has 2 aromatic rings. The normalized spacial score (nSPS) is 18.0. The molecule has 1 aliphatic heterocycles. The number of fused-ring (bicyclic) bond motifs is 1. The van der Waals surface area contributed by atoms with Crippen molar-refractivity contribution >= 4 is 17.2 Å². The molecule has 1 atom stereocenters. The van der Waals surface area contributed by atoms with Gasteiger partial charge in [0.1, 0.15) is 5.82 Å². The SMILES string of the molecule is CC(c1ccccc1F)N(CCC(=O)N1CCc2sccc2C1)C1CC1. The molecule has 1 saturated carbocycles. The molecule has 1 aromatic heterocycles. The molecule has 0 bridgehead atoms. The fraction of sp³-hybridized carbons (Fsp3) is 0.476. The molecule has 0 radical (unpaired) electrons. The van der Waals surface area contributed by atoms with Gasteiger partial charge in [-0.05, 0) is 49.3 Å². The Morgan fingerprint density at radius 2 is 2.15 bits per heavy atom. The first-order chi connectivity index (χ1) is 12.6. The number of hydrogen-bond donors (Lipinski definition) is 0. The lowest BCUT2D eigenvalue weighted by molar-refractivity contribution is -0.132. The number of thiophene rings is 1. The highest BCUT2D eigenvalue weighted by molar-refractivity contribution is 7.10. The summed E-state index contributed by atoms with van der Waals surface area (Å²) in [5.74, 6) is 0.0613. The molecular weight excluding hydrogens is 347 g/mol. The molecule has 1 unspecified atom stereocenters. The van der Waals surface area contributed by atoms with E-state index in [1.807, 2.05) is 17.0 Å². The lowest BCUT2D eigenvalue weighted by Crippen LogP contribution is -2.38. The molecule has 5 heteroatoms. The van der Waals surface area contributed by atoms with Crippen molar-refractivity contribution in [3.8, 4) is 0 Å². The van der Waals surface area contributed by atoms with Gasteiger partial charge in [0.2, 0.25) is 5.91 Å². The van der Waals surface area contributed by atoms with Crippen LogP contribution in [-0.4, -0.2) is 34.8 Å². The van der Waals surface area contributed by atoms with Crippen molar-refractivity contribution in [2.75, 3.05) is 13.1 Å². The second kappa shape index (κ2) is 7.49. The molecule has 0 saturated heterocycles. The van der Waals surface area contributed by atoms with Gasteiger partial charge >= 0.3 is 0 Å². The maximum Gasteiger partial charge on any atom is 0.224 e. The van der Waals surface area contributed by atoms with E-state index < -0.39 is 0 Å². The van der Waals surface area contributed by atoms with Crippen molar-refractivity contribution in [1.29, 1.82) is 0 Å². The Hall–Kier alpha value is -1.72. The molecule has 1 aliphatic carbocycles. The molecule has 2 aliphatic rings. The summed E-state index contributed by atoms with van der Waals surface area (Å²) in [6.07, 6.45) is 3.77. The van der Waals surface area contributed by atoms with E-state index in [-0.39, 0.29) is 17.8 Å². The van der Waals surface area contributed by atoms with Crippen molar-refractivity contribution in [2.24, 2.45) is 0 Å². The summed E-state index contributed by atoms with van der Waals surface area (Å²) < 4.78 is 14.2. The Bertz CT molecular complexity index is 786. The highest BCUT2D eigenvalue weighted by Crippen LogP contribution is 2.35. The molecule has 1 amide bonds. The third kappa shape index (κ3) is 3.69. The van der Waals surface area contributed by atoms with Gasteiger partial charge in [-0.1, -0.05) is 18.2 Å². The second-order valence-corrected chi connectivity index (χ2v) is 8.35. The molecule has 138 valence electrons. The molecule has 1 aromatic carbocycles. The smallest absolute Gasteiger partial charge is 0.224 e. The molecule has 0 N–H and O–H groups in total. The molecule has 26 heavy (non-hydrogen) atoms. The summed E-state index contributed by atoms with van der Waals surface area (Å²) in [5.41, 5.74) is 2.03. The van der Waals surface area contributed by atoms with Gasteiger partial charge in [-0.3, -0.25) is 9.69 Å². The third-order valence-electron chi connectivity index (χ3n) is 5.61. The zero-order valence-corrected chi connectivity index (χ0v) is 16.0. The summed E-state index contributed by atoms with van der Waals surface area (Å²) in [4.78, 5) is 18.4.